The molecule has 0 radical (unpaired) electrons. The van der Waals surface area contributed by atoms with Crippen molar-refractivity contribution in [3.05, 3.63) is 33.3 Å². The predicted molar refractivity (Wildman–Crippen MR) is 79.8 cm³/mol. The largest absolute Gasteiger partial charge is 0.481 e. The van der Waals surface area contributed by atoms with Crippen LogP contribution in [0.1, 0.15) is 38.5 Å². The first-order valence-electron chi connectivity index (χ1n) is 6.86. The number of carboxylic acid groups (broad SMARTS) is 1. The van der Waals surface area contributed by atoms with Crippen LogP contribution in [0.2, 0.25) is 5.02 Å². The van der Waals surface area contributed by atoms with Gasteiger partial charge in [0.2, 0.25) is 0 Å². The minimum Gasteiger partial charge on any atom is -0.481 e. The summed E-state index contributed by atoms with van der Waals surface area (Å²) in [5, 5.41) is 23.3. The van der Waals surface area contributed by atoms with Gasteiger partial charge < -0.3 is 10.4 Å². The van der Waals surface area contributed by atoms with Crippen LogP contribution in [-0.2, 0) is 4.79 Å². The summed E-state index contributed by atoms with van der Waals surface area (Å²) in [6, 6.07) is 4.19. The molecule has 0 saturated heterocycles. The summed E-state index contributed by atoms with van der Waals surface area (Å²) in [7, 11) is 0. The zero-order valence-electron chi connectivity index (χ0n) is 11.5. The van der Waals surface area contributed by atoms with Crippen LogP contribution >= 0.6 is 11.6 Å². The smallest absolute Gasteiger partial charge is 0.305 e. The number of anilines is 1. The average molecular weight is 313 g/mol. The highest BCUT2D eigenvalue weighted by molar-refractivity contribution is 6.33. The maximum Gasteiger partial charge on any atom is 0.305 e. The van der Waals surface area contributed by atoms with E-state index in [1.165, 1.54) is 12.1 Å². The Hall–Kier alpha value is -1.82. The first-order valence-corrected chi connectivity index (χ1v) is 7.24. The third-order valence-electron chi connectivity index (χ3n) is 3.86. The third-order valence-corrected chi connectivity index (χ3v) is 4.18. The SMILES string of the molecule is O=C(O)CC1(Nc2ccc([N+](=O)[O-])cc2Cl)CCCCC1. The molecule has 1 aromatic rings. The Balaban J connectivity index is 2.24. The lowest BCUT2D eigenvalue weighted by Gasteiger charge is -2.38. The molecule has 2 rings (SSSR count). The Morgan fingerprint density at radius 2 is 2.05 bits per heavy atom. The van der Waals surface area contributed by atoms with Gasteiger partial charge in [-0.2, -0.15) is 0 Å². The van der Waals surface area contributed by atoms with E-state index < -0.39 is 16.4 Å². The summed E-state index contributed by atoms with van der Waals surface area (Å²) >= 11 is 6.08. The Morgan fingerprint density at radius 3 is 2.57 bits per heavy atom. The number of nitro groups is 1. The molecule has 114 valence electrons. The fourth-order valence-electron chi connectivity index (χ4n) is 2.87. The van der Waals surface area contributed by atoms with Crippen molar-refractivity contribution in [1.29, 1.82) is 0 Å². The molecule has 0 aromatic heterocycles. The topological polar surface area (TPSA) is 92.5 Å². The predicted octanol–water partition coefficient (Wildman–Crippen LogP) is 3.84. The van der Waals surface area contributed by atoms with Crippen LogP contribution in [0.25, 0.3) is 0 Å². The first kappa shape index (κ1) is 15.6. The highest BCUT2D eigenvalue weighted by Crippen LogP contribution is 2.37. The number of aliphatic carboxylic acids is 1. The highest BCUT2D eigenvalue weighted by atomic mass is 35.5. The molecular weight excluding hydrogens is 296 g/mol. The number of nitrogens with zero attached hydrogens (tertiary/aromatic N) is 1. The molecule has 21 heavy (non-hydrogen) atoms. The van der Waals surface area contributed by atoms with E-state index in [1.807, 2.05) is 0 Å². The number of nitrogens with one attached hydrogen (secondary N) is 1. The summed E-state index contributed by atoms with van der Waals surface area (Å²) in [5.41, 5.74) is -0.0592. The van der Waals surface area contributed by atoms with Gasteiger partial charge in [0.05, 0.1) is 22.1 Å². The van der Waals surface area contributed by atoms with Crippen molar-refractivity contribution in [3.8, 4) is 0 Å². The van der Waals surface area contributed by atoms with E-state index >= 15 is 0 Å². The lowest BCUT2D eigenvalue weighted by molar-refractivity contribution is -0.384. The molecule has 1 aliphatic rings. The Morgan fingerprint density at radius 1 is 1.38 bits per heavy atom. The summed E-state index contributed by atoms with van der Waals surface area (Å²) in [4.78, 5) is 21.3. The summed E-state index contributed by atoms with van der Waals surface area (Å²) in [5.74, 6) is -0.859. The van der Waals surface area contributed by atoms with Gasteiger partial charge in [-0.3, -0.25) is 14.9 Å². The molecule has 0 atom stereocenters. The fraction of sp³-hybridized carbons (Fsp3) is 0.500. The molecule has 0 aliphatic heterocycles. The molecular formula is C14H17ClN2O4. The summed E-state index contributed by atoms with van der Waals surface area (Å²) in [6.45, 7) is 0. The average Bonchev–Trinajstić information content (AvgIpc) is 2.41. The number of carbonyl (C=O) groups is 1. The second kappa shape index (κ2) is 6.30. The Kier molecular flexibility index (Phi) is 4.67. The van der Waals surface area contributed by atoms with Crippen LogP contribution in [0.15, 0.2) is 18.2 Å². The van der Waals surface area contributed by atoms with Gasteiger partial charge in [-0.15, -0.1) is 0 Å². The number of rotatable bonds is 5. The van der Waals surface area contributed by atoms with Crippen LogP contribution < -0.4 is 5.32 Å². The van der Waals surface area contributed by atoms with E-state index in [1.54, 1.807) is 6.07 Å². The van der Waals surface area contributed by atoms with Gasteiger partial charge in [-0.05, 0) is 18.9 Å². The molecule has 0 bridgehead atoms. The minimum atomic E-state index is -0.859. The summed E-state index contributed by atoms with van der Waals surface area (Å²) in [6.07, 6.45) is 4.55. The van der Waals surface area contributed by atoms with Gasteiger partial charge in [0, 0.05) is 17.7 Å². The molecule has 1 aromatic carbocycles. The van der Waals surface area contributed by atoms with Crippen molar-refractivity contribution in [2.45, 2.75) is 44.1 Å². The maximum atomic E-state index is 11.1. The van der Waals surface area contributed by atoms with Gasteiger partial charge >= 0.3 is 5.97 Å². The van der Waals surface area contributed by atoms with E-state index in [0.717, 1.165) is 32.1 Å². The van der Waals surface area contributed by atoms with E-state index in [0.29, 0.717) is 5.69 Å². The van der Waals surface area contributed by atoms with Crippen molar-refractivity contribution in [2.75, 3.05) is 5.32 Å². The number of hydrogen-bond donors (Lipinski definition) is 2. The molecule has 1 aliphatic carbocycles. The second-order valence-electron chi connectivity index (χ2n) is 5.46. The maximum absolute atomic E-state index is 11.1. The zero-order chi connectivity index (χ0) is 15.5. The number of carboxylic acids is 1. The molecule has 7 heteroatoms. The van der Waals surface area contributed by atoms with E-state index in [2.05, 4.69) is 5.32 Å². The fourth-order valence-corrected chi connectivity index (χ4v) is 3.09. The van der Waals surface area contributed by atoms with Crippen molar-refractivity contribution in [1.82, 2.24) is 0 Å². The number of halogens is 1. The van der Waals surface area contributed by atoms with E-state index in [9.17, 15) is 14.9 Å². The molecule has 0 spiro atoms. The van der Waals surface area contributed by atoms with Gasteiger partial charge in [0.15, 0.2) is 0 Å². The molecule has 2 N–H and O–H groups in total. The Bertz CT molecular complexity index is 556. The molecule has 1 saturated carbocycles. The lowest BCUT2D eigenvalue weighted by Crippen LogP contribution is -2.42. The van der Waals surface area contributed by atoms with Gasteiger partial charge in [-0.1, -0.05) is 30.9 Å². The van der Waals surface area contributed by atoms with Crippen LogP contribution in [-0.4, -0.2) is 21.5 Å². The first-order chi connectivity index (χ1) is 9.92. The monoisotopic (exact) mass is 312 g/mol. The molecule has 0 unspecified atom stereocenters. The van der Waals surface area contributed by atoms with Crippen LogP contribution in [0.5, 0.6) is 0 Å². The van der Waals surface area contributed by atoms with Crippen LogP contribution in [0.3, 0.4) is 0 Å². The lowest BCUT2D eigenvalue weighted by atomic mass is 9.79. The van der Waals surface area contributed by atoms with Crippen molar-refractivity contribution < 1.29 is 14.8 Å². The number of hydrogen-bond acceptors (Lipinski definition) is 4. The Labute approximate surface area is 127 Å². The number of nitro benzene ring substituents is 1. The van der Waals surface area contributed by atoms with Crippen LogP contribution in [0.4, 0.5) is 11.4 Å². The second-order valence-corrected chi connectivity index (χ2v) is 5.86. The van der Waals surface area contributed by atoms with Crippen molar-refractivity contribution in [3.63, 3.8) is 0 Å². The van der Waals surface area contributed by atoms with Gasteiger partial charge in [0.1, 0.15) is 0 Å². The highest BCUT2D eigenvalue weighted by Gasteiger charge is 2.34. The third kappa shape index (κ3) is 3.85. The van der Waals surface area contributed by atoms with Crippen molar-refractivity contribution >= 4 is 28.9 Å². The normalized spacial score (nSPS) is 17.2. The van der Waals surface area contributed by atoms with Crippen LogP contribution in [0, 0.1) is 10.1 Å². The minimum absolute atomic E-state index is 0.0142. The molecule has 1 fully saturated rings. The van der Waals surface area contributed by atoms with E-state index in [-0.39, 0.29) is 17.1 Å². The van der Waals surface area contributed by atoms with Gasteiger partial charge in [0.25, 0.3) is 5.69 Å². The number of non-ortho nitro benzene ring substituents is 1. The number of benzene rings is 1. The standard InChI is InChI=1S/C14H17ClN2O4/c15-11-8-10(17(20)21)4-5-12(11)16-14(9-13(18)19)6-2-1-3-7-14/h4-5,8,16H,1-3,6-7,9H2,(H,18,19). The van der Waals surface area contributed by atoms with E-state index in [4.69, 9.17) is 16.7 Å². The summed E-state index contributed by atoms with van der Waals surface area (Å²) < 4.78 is 0. The zero-order valence-corrected chi connectivity index (χ0v) is 12.2. The molecule has 0 amide bonds. The van der Waals surface area contributed by atoms with Crippen molar-refractivity contribution in [2.24, 2.45) is 0 Å². The quantitative estimate of drug-likeness (QED) is 0.636. The van der Waals surface area contributed by atoms with Gasteiger partial charge in [-0.25, -0.2) is 0 Å². The molecule has 0 heterocycles. The molecule has 6 nitrogen and oxygen atoms in total.